The average molecular weight is 409 g/mol. The van der Waals surface area contributed by atoms with Gasteiger partial charge in [-0.1, -0.05) is 15.9 Å². The van der Waals surface area contributed by atoms with Gasteiger partial charge in [-0.15, -0.1) is 0 Å². The van der Waals surface area contributed by atoms with Crippen molar-refractivity contribution in [3.05, 3.63) is 26.6 Å². The van der Waals surface area contributed by atoms with Crippen molar-refractivity contribution in [2.24, 2.45) is 0 Å². The van der Waals surface area contributed by atoms with Crippen LogP contribution < -0.4 is 10.1 Å². The number of hydrogen-bond acceptors (Lipinski definition) is 4. The molecule has 0 aliphatic heterocycles. The minimum absolute atomic E-state index is 0.250. The molecular formula is C14H19Br2NO3. The summed E-state index contributed by atoms with van der Waals surface area (Å²) in [6, 6.07) is 3.55. The average Bonchev–Trinajstić information content (AvgIpc) is 2.39. The Morgan fingerprint density at radius 3 is 2.60 bits per heavy atom. The van der Waals surface area contributed by atoms with Crippen molar-refractivity contribution in [2.75, 3.05) is 13.2 Å². The number of nitrogens with one attached hydrogen (secondary N) is 1. The number of ether oxygens (including phenoxy) is 2. The van der Waals surface area contributed by atoms with Crippen LogP contribution in [0.25, 0.3) is 0 Å². The van der Waals surface area contributed by atoms with E-state index in [1.807, 2.05) is 19.1 Å². The van der Waals surface area contributed by atoms with Crippen LogP contribution in [-0.4, -0.2) is 25.2 Å². The van der Waals surface area contributed by atoms with E-state index in [-0.39, 0.29) is 12.0 Å². The number of hydrogen-bond donors (Lipinski definition) is 1. The van der Waals surface area contributed by atoms with E-state index >= 15 is 0 Å². The summed E-state index contributed by atoms with van der Waals surface area (Å²) < 4.78 is 12.4. The van der Waals surface area contributed by atoms with E-state index in [4.69, 9.17) is 9.47 Å². The molecule has 0 bridgehead atoms. The Hall–Kier alpha value is -0.590. The number of carbonyl (C=O) groups is 1. The zero-order valence-electron chi connectivity index (χ0n) is 11.8. The first-order chi connectivity index (χ1) is 9.49. The van der Waals surface area contributed by atoms with E-state index in [1.165, 1.54) is 0 Å². The first-order valence-corrected chi connectivity index (χ1v) is 8.08. The molecule has 0 aliphatic carbocycles. The van der Waals surface area contributed by atoms with Gasteiger partial charge in [-0.3, -0.25) is 4.79 Å². The number of rotatable bonds is 7. The summed E-state index contributed by atoms with van der Waals surface area (Å²) >= 11 is 6.94. The predicted molar refractivity (Wildman–Crippen MR) is 85.9 cm³/mol. The molecule has 0 aliphatic rings. The zero-order valence-corrected chi connectivity index (χ0v) is 15.0. The maximum atomic E-state index is 11.6. The van der Waals surface area contributed by atoms with Crippen LogP contribution >= 0.6 is 31.9 Å². The van der Waals surface area contributed by atoms with Crippen LogP contribution in [0.4, 0.5) is 0 Å². The van der Waals surface area contributed by atoms with Crippen molar-refractivity contribution < 1.29 is 14.3 Å². The molecule has 0 radical (unpaired) electrons. The van der Waals surface area contributed by atoms with Gasteiger partial charge in [0.2, 0.25) is 0 Å². The first-order valence-electron chi connectivity index (χ1n) is 6.50. The fourth-order valence-corrected chi connectivity index (χ4v) is 3.09. The van der Waals surface area contributed by atoms with Crippen LogP contribution in [-0.2, 0) is 16.1 Å². The molecule has 112 valence electrons. The molecule has 1 N–H and O–H groups in total. The molecule has 1 rings (SSSR count). The third kappa shape index (κ3) is 5.07. The summed E-state index contributed by atoms with van der Waals surface area (Å²) in [5.74, 6) is 0.541. The first kappa shape index (κ1) is 17.5. The SMILES string of the molecule is CCOC(=O)C(C)NCc1cc(Br)cc(Br)c1OCC. The summed E-state index contributed by atoms with van der Waals surface area (Å²) in [6.07, 6.45) is 0. The highest BCUT2D eigenvalue weighted by Gasteiger charge is 2.15. The number of benzene rings is 1. The molecule has 1 atom stereocenters. The lowest BCUT2D eigenvalue weighted by Crippen LogP contribution is -2.35. The molecule has 4 nitrogen and oxygen atoms in total. The number of halogens is 2. The lowest BCUT2D eigenvalue weighted by Gasteiger charge is -2.16. The highest BCUT2D eigenvalue weighted by Crippen LogP contribution is 2.33. The van der Waals surface area contributed by atoms with E-state index in [9.17, 15) is 4.79 Å². The molecule has 0 saturated carbocycles. The van der Waals surface area contributed by atoms with Crippen LogP contribution in [0.3, 0.4) is 0 Å². The minimum atomic E-state index is -0.359. The maximum absolute atomic E-state index is 11.6. The Morgan fingerprint density at radius 2 is 2.00 bits per heavy atom. The van der Waals surface area contributed by atoms with Gasteiger partial charge in [-0.25, -0.2) is 0 Å². The molecule has 6 heteroatoms. The van der Waals surface area contributed by atoms with Crippen LogP contribution in [0.1, 0.15) is 26.3 Å². The van der Waals surface area contributed by atoms with Crippen LogP contribution in [0, 0.1) is 0 Å². The van der Waals surface area contributed by atoms with Crippen molar-refractivity contribution in [3.63, 3.8) is 0 Å². The van der Waals surface area contributed by atoms with Crippen molar-refractivity contribution in [3.8, 4) is 5.75 Å². The van der Waals surface area contributed by atoms with Gasteiger partial charge in [-0.2, -0.15) is 0 Å². The van der Waals surface area contributed by atoms with Crippen LogP contribution in [0.15, 0.2) is 21.1 Å². The third-order valence-corrected chi connectivity index (χ3v) is 3.66. The molecule has 0 spiro atoms. The van der Waals surface area contributed by atoms with Gasteiger partial charge < -0.3 is 14.8 Å². The third-order valence-electron chi connectivity index (χ3n) is 2.61. The van der Waals surface area contributed by atoms with Crippen LogP contribution in [0.2, 0.25) is 0 Å². The Morgan fingerprint density at radius 1 is 1.30 bits per heavy atom. The monoisotopic (exact) mass is 407 g/mol. The lowest BCUT2D eigenvalue weighted by atomic mass is 10.2. The van der Waals surface area contributed by atoms with E-state index in [2.05, 4.69) is 37.2 Å². The highest BCUT2D eigenvalue weighted by molar-refractivity contribution is 9.11. The van der Waals surface area contributed by atoms with Crippen molar-refractivity contribution in [1.29, 1.82) is 0 Å². The molecular weight excluding hydrogens is 390 g/mol. The predicted octanol–water partition coefficient (Wildman–Crippen LogP) is 3.65. The molecule has 1 unspecified atom stereocenters. The molecule has 0 saturated heterocycles. The number of carbonyl (C=O) groups excluding carboxylic acids is 1. The number of esters is 1. The minimum Gasteiger partial charge on any atom is -0.492 e. The molecule has 1 aromatic rings. The fourth-order valence-electron chi connectivity index (χ4n) is 1.66. The molecule has 0 amide bonds. The van der Waals surface area contributed by atoms with Crippen molar-refractivity contribution in [1.82, 2.24) is 5.32 Å². The Balaban J connectivity index is 2.78. The van der Waals surface area contributed by atoms with Crippen LogP contribution in [0.5, 0.6) is 5.75 Å². The molecule has 1 aromatic carbocycles. The standard InChI is InChI=1S/C14H19Br2NO3/c1-4-19-13-10(6-11(15)7-12(13)16)8-17-9(3)14(18)20-5-2/h6-7,9,17H,4-5,8H2,1-3H3. The summed E-state index contributed by atoms with van der Waals surface area (Å²) in [4.78, 5) is 11.6. The second-order valence-electron chi connectivity index (χ2n) is 4.16. The van der Waals surface area contributed by atoms with E-state index < -0.39 is 0 Å². The van der Waals surface area contributed by atoms with Crippen molar-refractivity contribution in [2.45, 2.75) is 33.4 Å². The van der Waals surface area contributed by atoms with Gasteiger partial charge in [0.25, 0.3) is 0 Å². The molecule has 0 fully saturated rings. The zero-order chi connectivity index (χ0) is 15.1. The normalized spacial score (nSPS) is 12.1. The summed E-state index contributed by atoms with van der Waals surface area (Å²) in [6.45, 7) is 7.01. The molecule has 0 aromatic heterocycles. The van der Waals surface area contributed by atoms with Gasteiger partial charge in [0.05, 0.1) is 17.7 Å². The Kier molecular flexibility index (Phi) is 7.55. The maximum Gasteiger partial charge on any atom is 0.322 e. The topological polar surface area (TPSA) is 47.6 Å². The second kappa shape index (κ2) is 8.64. The van der Waals surface area contributed by atoms with Gasteiger partial charge in [0.1, 0.15) is 11.8 Å². The van der Waals surface area contributed by atoms with E-state index in [0.717, 1.165) is 20.3 Å². The summed E-state index contributed by atoms with van der Waals surface area (Å²) in [7, 11) is 0. The summed E-state index contributed by atoms with van der Waals surface area (Å²) in [5.41, 5.74) is 0.976. The second-order valence-corrected chi connectivity index (χ2v) is 5.93. The Labute approximate surface area is 136 Å². The van der Waals surface area contributed by atoms with Gasteiger partial charge >= 0.3 is 5.97 Å². The fraction of sp³-hybridized carbons (Fsp3) is 0.500. The van der Waals surface area contributed by atoms with Gasteiger partial charge in [0, 0.05) is 16.6 Å². The van der Waals surface area contributed by atoms with Crippen molar-refractivity contribution >= 4 is 37.8 Å². The quantitative estimate of drug-likeness (QED) is 0.699. The van der Waals surface area contributed by atoms with Gasteiger partial charge in [-0.05, 0) is 48.8 Å². The summed E-state index contributed by atoms with van der Waals surface area (Å²) in [5, 5.41) is 3.14. The Bertz CT molecular complexity index is 466. The largest absolute Gasteiger partial charge is 0.492 e. The highest BCUT2D eigenvalue weighted by atomic mass is 79.9. The smallest absolute Gasteiger partial charge is 0.322 e. The lowest BCUT2D eigenvalue weighted by molar-refractivity contribution is -0.145. The molecule has 0 heterocycles. The van der Waals surface area contributed by atoms with E-state index in [0.29, 0.717) is 19.8 Å². The van der Waals surface area contributed by atoms with Gasteiger partial charge in [0.15, 0.2) is 0 Å². The molecule has 20 heavy (non-hydrogen) atoms. The van der Waals surface area contributed by atoms with E-state index in [1.54, 1.807) is 13.8 Å².